The fourth-order valence-corrected chi connectivity index (χ4v) is 4.21. The zero-order chi connectivity index (χ0) is 20.8. The van der Waals surface area contributed by atoms with E-state index in [1.165, 1.54) is 12.1 Å². The number of ether oxygens (including phenoxy) is 1. The molecule has 158 valence electrons. The van der Waals surface area contributed by atoms with E-state index in [0.29, 0.717) is 38.0 Å². The summed E-state index contributed by atoms with van der Waals surface area (Å²) in [7, 11) is 0. The van der Waals surface area contributed by atoms with Crippen molar-refractivity contribution in [1.29, 1.82) is 0 Å². The summed E-state index contributed by atoms with van der Waals surface area (Å²) in [5.74, 6) is -0.594. The molecule has 0 aliphatic heterocycles. The highest BCUT2D eigenvalue weighted by Crippen LogP contribution is 2.49. The lowest BCUT2D eigenvalue weighted by Gasteiger charge is -2.20. The van der Waals surface area contributed by atoms with Gasteiger partial charge in [-0.3, -0.25) is 4.79 Å². The summed E-state index contributed by atoms with van der Waals surface area (Å²) in [6.45, 7) is 0.357. The summed E-state index contributed by atoms with van der Waals surface area (Å²) in [5, 5.41) is 33.6. The van der Waals surface area contributed by atoms with Gasteiger partial charge in [0.15, 0.2) is 0 Å². The number of carbonyl (C=O) groups is 1. The van der Waals surface area contributed by atoms with Gasteiger partial charge in [0.05, 0.1) is 30.6 Å². The Bertz CT molecular complexity index is 763. The minimum Gasteiger partial charge on any atom is -0.512 e. The number of fused-ring (bicyclic) bond motifs is 1. The Morgan fingerprint density at radius 2 is 1.97 bits per heavy atom. The lowest BCUT2D eigenvalue weighted by Crippen LogP contribution is -2.22. The molecule has 8 heteroatoms. The molecule has 29 heavy (non-hydrogen) atoms. The Hall–Kier alpha value is -2.61. The minimum atomic E-state index is -0.935. The van der Waals surface area contributed by atoms with Crippen LogP contribution in [0.2, 0.25) is 0 Å². The molecule has 2 saturated carbocycles. The van der Waals surface area contributed by atoms with Gasteiger partial charge in [0, 0.05) is 12.3 Å². The first-order chi connectivity index (χ1) is 13.9. The van der Waals surface area contributed by atoms with Gasteiger partial charge in [-0.25, -0.2) is 4.39 Å². The average Bonchev–Trinajstić information content (AvgIpc) is 3.19. The third-order valence-electron chi connectivity index (χ3n) is 5.49. The molecule has 0 aromatic heterocycles. The molecule has 2 aliphatic rings. The Morgan fingerprint density at radius 1 is 1.21 bits per heavy atom. The van der Waals surface area contributed by atoms with Gasteiger partial charge in [0.2, 0.25) is 0 Å². The number of benzene rings is 1. The normalized spacial score (nSPS) is 27.8. The van der Waals surface area contributed by atoms with Crippen LogP contribution in [0.4, 0.5) is 4.39 Å². The van der Waals surface area contributed by atoms with Gasteiger partial charge in [-0.05, 0) is 61.4 Å². The highest BCUT2D eigenvalue weighted by Gasteiger charge is 2.48. The fraction of sp³-hybridized carbons (Fsp3) is 0.524. The summed E-state index contributed by atoms with van der Waals surface area (Å²) in [6.07, 6.45) is 3.31. The van der Waals surface area contributed by atoms with Crippen LogP contribution in [0.3, 0.4) is 0 Å². The van der Waals surface area contributed by atoms with Crippen LogP contribution >= 0.6 is 0 Å². The maximum atomic E-state index is 12.9. The molecular weight excluding hydrogens is 381 g/mol. The lowest BCUT2D eigenvalue weighted by atomic mass is 9.89. The first kappa shape index (κ1) is 21.1. The third-order valence-corrected chi connectivity index (χ3v) is 5.49. The standard InChI is InChI=1S/C21H26FNO6/c22-14-3-5-16(6-4-14)28-8-1-2-18(24)21-17-12-15(10-13(17)11-19(21)25)23-29-9-7-20(26)27/h2-6,13,17,19,21,24-25H,1,7-12H2,(H,26,27)/b18-2+,23-15+/t13-,17-,19-,21+/m1/s1. The molecule has 4 atom stereocenters. The molecule has 0 spiro atoms. The lowest BCUT2D eigenvalue weighted by molar-refractivity contribution is -0.138. The molecule has 0 heterocycles. The number of aliphatic hydroxyl groups is 2. The maximum Gasteiger partial charge on any atom is 0.306 e. The number of rotatable bonds is 9. The first-order valence-corrected chi connectivity index (χ1v) is 9.79. The summed E-state index contributed by atoms with van der Waals surface area (Å²) in [4.78, 5) is 15.6. The average molecular weight is 407 g/mol. The summed E-state index contributed by atoms with van der Waals surface area (Å²) in [5.41, 5.74) is 0.842. The Kier molecular flexibility index (Phi) is 7.09. The van der Waals surface area contributed by atoms with Crippen molar-refractivity contribution in [3.05, 3.63) is 41.9 Å². The van der Waals surface area contributed by atoms with E-state index < -0.39 is 12.1 Å². The molecule has 1 aromatic rings. The molecule has 2 fully saturated rings. The van der Waals surface area contributed by atoms with E-state index in [4.69, 9.17) is 14.7 Å². The number of carboxylic acids is 1. The molecule has 0 radical (unpaired) electrons. The summed E-state index contributed by atoms with van der Waals surface area (Å²) < 4.78 is 18.4. The van der Waals surface area contributed by atoms with Crippen LogP contribution in [0.1, 0.15) is 32.1 Å². The van der Waals surface area contributed by atoms with E-state index >= 15 is 0 Å². The van der Waals surface area contributed by atoms with E-state index in [1.54, 1.807) is 18.2 Å². The van der Waals surface area contributed by atoms with Crippen LogP contribution in [0.5, 0.6) is 5.75 Å². The van der Waals surface area contributed by atoms with Crippen molar-refractivity contribution in [1.82, 2.24) is 0 Å². The van der Waals surface area contributed by atoms with Crippen LogP contribution in [-0.2, 0) is 9.63 Å². The van der Waals surface area contributed by atoms with E-state index in [1.807, 2.05) is 0 Å². The van der Waals surface area contributed by atoms with Crippen LogP contribution in [0.25, 0.3) is 0 Å². The number of aliphatic carboxylic acids is 1. The molecule has 3 rings (SSSR count). The van der Waals surface area contributed by atoms with Crippen molar-refractivity contribution >= 4 is 11.7 Å². The molecule has 0 saturated heterocycles. The second-order valence-electron chi connectivity index (χ2n) is 7.52. The number of aliphatic hydroxyl groups excluding tert-OH is 2. The fourth-order valence-electron chi connectivity index (χ4n) is 4.21. The van der Waals surface area contributed by atoms with Crippen molar-refractivity contribution in [2.75, 3.05) is 13.2 Å². The number of halogens is 1. The number of hydrogen-bond donors (Lipinski definition) is 3. The Labute approximate surface area is 168 Å². The molecule has 0 amide bonds. The Balaban J connectivity index is 1.49. The Morgan fingerprint density at radius 3 is 2.69 bits per heavy atom. The molecule has 1 aromatic carbocycles. The van der Waals surface area contributed by atoms with Gasteiger partial charge in [-0.2, -0.15) is 0 Å². The zero-order valence-corrected chi connectivity index (χ0v) is 16.0. The molecule has 2 aliphatic carbocycles. The van der Waals surface area contributed by atoms with Crippen molar-refractivity contribution < 1.29 is 34.1 Å². The van der Waals surface area contributed by atoms with Crippen LogP contribution < -0.4 is 4.74 Å². The van der Waals surface area contributed by atoms with Gasteiger partial charge < -0.3 is 24.9 Å². The zero-order valence-electron chi connectivity index (χ0n) is 16.0. The van der Waals surface area contributed by atoms with Gasteiger partial charge in [0.25, 0.3) is 0 Å². The summed E-state index contributed by atoms with van der Waals surface area (Å²) >= 11 is 0. The molecule has 3 N–H and O–H groups in total. The van der Waals surface area contributed by atoms with E-state index in [9.17, 15) is 19.4 Å². The maximum absolute atomic E-state index is 12.9. The van der Waals surface area contributed by atoms with Crippen LogP contribution in [0.15, 0.2) is 41.3 Å². The van der Waals surface area contributed by atoms with Gasteiger partial charge in [0.1, 0.15) is 18.2 Å². The van der Waals surface area contributed by atoms with Gasteiger partial charge in [-0.15, -0.1) is 0 Å². The molecule has 7 nitrogen and oxygen atoms in total. The summed E-state index contributed by atoms with van der Waals surface area (Å²) in [6, 6.07) is 5.73. The minimum absolute atomic E-state index is 0.0272. The predicted octanol–water partition coefficient (Wildman–Crippen LogP) is 3.29. The molecule has 0 unspecified atom stereocenters. The molecule has 0 bridgehead atoms. The van der Waals surface area contributed by atoms with Crippen LogP contribution in [-0.4, -0.2) is 46.3 Å². The van der Waals surface area contributed by atoms with E-state index in [0.717, 1.165) is 5.71 Å². The second kappa shape index (κ2) is 9.73. The van der Waals surface area contributed by atoms with Crippen molar-refractivity contribution in [3.63, 3.8) is 0 Å². The predicted molar refractivity (Wildman–Crippen MR) is 103 cm³/mol. The SMILES string of the molecule is O=C(O)CCO/N=C1\C[C@@H]2C[C@@H](O)[C@H](/C(O)=C\CCOc3ccc(F)cc3)[C@@H]2C1. The quantitative estimate of drug-likeness (QED) is 0.329. The number of nitrogens with zero attached hydrogens (tertiary/aromatic N) is 1. The monoisotopic (exact) mass is 407 g/mol. The van der Waals surface area contributed by atoms with Crippen molar-refractivity contribution in [2.45, 2.75) is 38.2 Å². The van der Waals surface area contributed by atoms with E-state index in [-0.39, 0.29) is 42.4 Å². The van der Waals surface area contributed by atoms with Crippen LogP contribution in [0, 0.1) is 23.6 Å². The van der Waals surface area contributed by atoms with Crippen molar-refractivity contribution in [3.8, 4) is 5.75 Å². The topological polar surface area (TPSA) is 109 Å². The van der Waals surface area contributed by atoms with Gasteiger partial charge >= 0.3 is 5.97 Å². The second-order valence-corrected chi connectivity index (χ2v) is 7.52. The third kappa shape index (κ3) is 5.69. The first-order valence-electron chi connectivity index (χ1n) is 9.79. The van der Waals surface area contributed by atoms with E-state index in [2.05, 4.69) is 5.16 Å². The van der Waals surface area contributed by atoms with Gasteiger partial charge in [-0.1, -0.05) is 5.16 Å². The number of carboxylic acid groups (broad SMARTS) is 1. The smallest absolute Gasteiger partial charge is 0.306 e. The number of oxime groups is 1. The number of hydrogen-bond acceptors (Lipinski definition) is 6. The highest BCUT2D eigenvalue weighted by molar-refractivity contribution is 5.86. The largest absolute Gasteiger partial charge is 0.512 e. The van der Waals surface area contributed by atoms with Crippen molar-refractivity contribution in [2.24, 2.45) is 22.9 Å². The highest BCUT2D eigenvalue weighted by atomic mass is 19.1. The molecular formula is C21H26FNO6.